The SMILES string of the molecule is Cc1ccc(C2(c3ccc(C)cc3)c3ccccc3-c3ccc(N(c4ccccc4-c4ccc(-c5ccccc5)cc4)c4cccc5c4oc4ccccc45)cc32)cc1. The summed E-state index contributed by atoms with van der Waals surface area (Å²) in [6.07, 6.45) is 0. The van der Waals surface area contributed by atoms with E-state index in [1.807, 2.05) is 6.07 Å². The Morgan fingerprint density at radius 2 is 0.949 bits per heavy atom. The van der Waals surface area contributed by atoms with Crippen LogP contribution in [0.3, 0.4) is 0 Å². The molecule has 0 aliphatic heterocycles. The van der Waals surface area contributed by atoms with E-state index in [2.05, 4.69) is 225 Å². The van der Waals surface area contributed by atoms with Gasteiger partial charge in [-0.1, -0.05) is 193 Å². The lowest BCUT2D eigenvalue weighted by Crippen LogP contribution is -2.29. The number of hydrogen-bond acceptors (Lipinski definition) is 2. The summed E-state index contributed by atoms with van der Waals surface area (Å²) in [6, 6.07) is 77.6. The Morgan fingerprint density at radius 3 is 1.69 bits per heavy atom. The first-order chi connectivity index (χ1) is 29.1. The van der Waals surface area contributed by atoms with Crippen molar-refractivity contribution >= 4 is 39.0 Å². The highest BCUT2D eigenvalue weighted by molar-refractivity contribution is 6.11. The van der Waals surface area contributed by atoms with Gasteiger partial charge in [0, 0.05) is 22.0 Å². The van der Waals surface area contributed by atoms with E-state index in [0.29, 0.717) is 0 Å². The van der Waals surface area contributed by atoms with Crippen molar-refractivity contribution in [1.82, 2.24) is 0 Å². The van der Waals surface area contributed by atoms with Gasteiger partial charge in [0.15, 0.2) is 5.58 Å². The normalized spacial score (nSPS) is 12.7. The Bertz CT molecular complexity index is 3110. The molecule has 1 aliphatic rings. The van der Waals surface area contributed by atoms with Crippen molar-refractivity contribution < 1.29 is 4.42 Å². The predicted molar refractivity (Wildman–Crippen MR) is 246 cm³/mol. The van der Waals surface area contributed by atoms with E-state index in [0.717, 1.165) is 50.1 Å². The van der Waals surface area contributed by atoms with Crippen molar-refractivity contribution in [1.29, 1.82) is 0 Å². The van der Waals surface area contributed by atoms with Crippen LogP contribution < -0.4 is 4.90 Å². The van der Waals surface area contributed by atoms with E-state index < -0.39 is 5.41 Å². The van der Waals surface area contributed by atoms with Crippen LogP contribution in [0.15, 0.2) is 217 Å². The van der Waals surface area contributed by atoms with Crippen LogP contribution in [0.4, 0.5) is 17.1 Å². The quantitative estimate of drug-likeness (QED) is 0.161. The molecule has 1 aromatic heterocycles. The van der Waals surface area contributed by atoms with Gasteiger partial charge in [0.2, 0.25) is 0 Å². The summed E-state index contributed by atoms with van der Waals surface area (Å²) >= 11 is 0. The molecule has 0 N–H and O–H groups in total. The molecule has 0 fully saturated rings. The predicted octanol–water partition coefficient (Wildman–Crippen LogP) is 15.4. The molecule has 0 unspecified atom stereocenters. The summed E-state index contributed by atoms with van der Waals surface area (Å²) in [5.41, 5.74) is 19.0. The van der Waals surface area contributed by atoms with Gasteiger partial charge in [-0.15, -0.1) is 0 Å². The third-order valence-corrected chi connectivity index (χ3v) is 12.3. The summed E-state index contributed by atoms with van der Waals surface area (Å²) in [5.74, 6) is 0. The molecule has 280 valence electrons. The Kier molecular flexibility index (Phi) is 8.20. The molecule has 0 radical (unpaired) electrons. The second kappa shape index (κ2) is 13.9. The summed E-state index contributed by atoms with van der Waals surface area (Å²) in [6.45, 7) is 4.33. The number of furan rings is 1. The van der Waals surface area contributed by atoms with Gasteiger partial charge in [0.25, 0.3) is 0 Å². The Morgan fingerprint density at radius 1 is 0.390 bits per heavy atom. The van der Waals surface area contributed by atoms with Crippen molar-refractivity contribution in [2.24, 2.45) is 0 Å². The van der Waals surface area contributed by atoms with E-state index in [1.54, 1.807) is 0 Å². The van der Waals surface area contributed by atoms with Crippen LogP contribution in [0.5, 0.6) is 0 Å². The largest absolute Gasteiger partial charge is 0.454 e. The molecule has 0 saturated heterocycles. The lowest BCUT2D eigenvalue weighted by Gasteiger charge is -2.35. The minimum absolute atomic E-state index is 0.548. The number of benzene rings is 9. The summed E-state index contributed by atoms with van der Waals surface area (Å²) in [5, 5.41) is 2.20. The Balaban J connectivity index is 1.19. The molecular formula is C57H41NO. The highest BCUT2D eigenvalue weighted by atomic mass is 16.3. The van der Waals surface area contributed by atoms with Gasteiger partial charge in [-0.05, 0) is 94.3 Å². The standard InChI is InChI=1S/C57H41NO/c1-38-23-31-43(32-24-38)57(44-33-25-39(2)26-34-44)51-19-9-6-16-47(51)48-36-35-45(37-52(48)57)58(54-21-12-18-50-49-17-8-11-22-55(49)59-56(50)54)53-20-10-7-15-46(53)42-29-27-41(28-30-42)40-13-4-3-5-14-40/h3-37H,1-2H3. The van der Waals surface area contributed by atoms with E-state index in [1.165, 1.54) is 55.6 Å². The van der Waals surface area contributed by atoms with Gasteiger partial charge in [-0.25, -0.2) is 0 Å². The minimum Gasteiger partial charge on any atom is -0.454 e. The summed E-state index contributed by atoms with van der Waals surface area (Å²) < 4.78 is 6.82. The van der Waals surface area contributed by atoms with E-state index >= 15 is 0 Å². The first-order valence-electron chi connectivity index (χ1n) is 20.4. The van der Waals surface area contributed by atoms with Crippen LogP contribution in [0.25, 0.3) is 55.3 Å². The maximum atomic E-state index is 6.82. The zero-order chi connectivity index (χ0) is 39.5. The molecule has 0 amide bonds. The topological polar surface area (TPSA) is 16.4 Å². The molecule has 1 aliphatic carbocycles. The number of nitrogens with zero attached hydrogens (tertiary/aromatic N) is 1. The molecule has 0 atom stereocenters. The van der Waals surface area contributed by atoms with Crippen molar-refractivity contribution in [3.05, 3.63) is 246 Å². The van der Waals surface area contributed by atoms with Crippen molar-refractivity contribution in [2.45, 2.75) is 19.3 Å². The zero-order valence-electron chi connectivity index (χ0n) is 33.1. The van der Waals surface area contributed by atoms with Gasteiger partial charge < -0.3 is 9.32 Å². The number of fused-ring (bicyclic) bond motifs is 6. The molecule has 10 aromatic rings. The van der Waals surface area contributed by atoms with Crippen molar-refractivity contribution in [2.75, 3.05) is 4.90 Å². The number of rotatable bonds is 7. The molecule has 59 heavy (non-hydrogen) atoms. The van der Waals surface area contributed by atoms with Crippen LogP contribution in [-0.4, -0.2) is 0 Å². The smallest absolute Gasteiger partial charge is 0.159 e. The maximum absolute atomic E-state index is 6.82. The zero-order valence-corrected chi connectivity index (χ0v) is 33.1. The number of hydrogen-bond donors (Lipinski definition) is 0. The van der Waals surface area contributed by atoms with Crippen LogP contribution in [0, 0.1) is 13.8 Å². The van der Waals surface area contributed by atoms with Crippen LogP contribution >= 0.6 is 0 Å². The molecule has 2 heteroatoms. The lowest BCUT2D eigenvalue weighted by molar-refractivity contribution is 0.669. The number of para-hydroxylation sites is 3. The van der Waals surface area contributed by atoms with Crippen molar-refractivity contribution in [3.63, 3.8) is 0 Å². The monoisotopic (exact) mass is 755 g/mol. The fraction of sp³-hybridized carbons (Fsp3) is 0.0526. The van der Waals surface area contributed by atoms with E-state index in [-0.39, 0.29) is 0 Å². The molecule has 2 nitrogen and oxygen atoms in total. The molecule has 9 aromatic carbocycles. The Hall–Kier alpha value is -7.42. The second-order valence-corrected chi connectivity index (χ2v) is 15.8. The van der Waals surface area contributed by atoms with E-state index in [4.69, 9.17) is 4.42 Å². The first kappa shape index (κ1) is 34.8. The van der Waals surface area contributed by atoms with Crippen LogP contribution in [-0.2, 0) is 5.41 Å². The van der Waals surface area contributed by atoms with Gasteiger partial charge in [0.05, 0.1) is 16.8 Å². The van der Waals surface area contributed by atoms with Gasteiger partial charge in [-0.2, -0.15) is 0 Å². The first-order valence-corrected chi connectivity index (χ1v) is 20.4. The molecule has 11 rings (SSSR count). The molecule has 0 spiro atoms. The third kappa shape index (κ3) is 5.56. The minimum atomic E-state index is -0.548. The summed E-state index contributed by atoms with van der Waals surface area (Å²) in [7, 11) is 0. The second-order valence-electron chi connectivity index (χ2n) is 15.8. The molecule has 0 saturated carbocycles. The maximum Gasteiger partial charge on any atom is 0.159 e. The molecule has 1 heterocycles. The number of aryl methyl sites for hydroxylation is 2. The summed E-state index contributed by atoms with van der Waals surface area (Å²) in [4.78, 5) is 2.42. The highest BCUT2D eigenvalue weighted by Crippen LogP contribution is 2.58. The van der Waals surface area contributed by atoms with Gasteiger partial charge in [-0.3, -0.25) is 0 Å². The highest BCUT2D eigenvalue weighted by Gasteiger charge is 2.46. The fourth-order valence-electron chi connectivity index (χ4n) is 9.50. The Labute approximate surface area is 345 Å². The van der Waals surface area contributed by atoms with E-state index in [9.17, 15) is 0 Å². The lowest BCUT2D eigenvalue weighted by atomic mass is 9.67. The molecule has 0 bridgehead atoms. The number of anilines is 3. The third-order valence-electron chi connectivity index (χ3n) is 12.3. The van der Waals surface area contributed by atoms with Crippen LogP contribution in [0.2, 0.25) is 0 Å². The van der Waals surface area contributed by atoms with Crippen molar-refractivity contribution in [3.8, 4) is 33.4 Å². The molecular weight excluding hydrogens is 715 g/mol. The van der Waals surface area contributed by atoms with Crippen LogP contribution in [0.1, 0.15) is 33.4 Å². The average Bonchev–Trinajstić information content (AvgIpc) is 3.82. The van der Waals surface area contributed by atoms with Gasteiger partial charge in [0.1, 0.15) is 5.58 Å². The fourth-order valence-corrected chi connectivity index (χ4v) is 9.50. The van der Waals surface area contributed by atoms with Gasteiger partial charge >= 0.3 is 0 Å². The average molecular weight is 756 g/mol.